The number of rotatable bonds is 3. The molecule has 0 saturated carbocycles. The number of carbonyl (C=O) groups is 1. The van der Waals surface area contributed by atoms with Gasteiger partial charge in [-0.2, -0.15) is 0 Å². The van der Waals surface area contributed by atoms with Gasteiger partial charge in [-0.3, -0.25) is 0 Å². The van der Waals surface area contributed by atoms with E-state index >= 15 is 0 Å². The summed E-state index contributed by atoms with van der Waals surface area (Å²) in [5.74, 6) is 0. The standard InChI is InChI=1S/C10H14N2O.C2H6/c1-2-8-11-10(13)12-9-6-4-3-5-7-9;1-2/h3-7H,2,8H2,1H3,(H2,11,12,13);1-2H3. The van der Waals surface area contributed by atoms with Crippen LogP contribution >= 0.6 is 0 Å². The lowest BCUT2D eigenvalue weighted by atomic mass is 10.3. The molecule has 0 aliphatic heterocycles. The molecule has 0 saturated heterocycles. The molecule has 15 heavy (non-hydrogen) atoms. The molecule has 2 N–H and O–H groups in total. The molecule has 1 rings (SSSR count). The summed E-state index contributed by atoms with van der Waals surface area (Å²) in [6.07, 6.45) is 0.947. The van der Waals surface area contributed by atoms with Gasteiger partial charge >= 0.3 is 6.03 Å². The molecule has 0 aromatic heterocycles. The molecular formula is C12H20N2O. The summed E-state index contributed by atoms with van der Waals surface area (Å²) in [6, 6.07) is 9.24. The van der Waals surface area contributed by atoms with Crippen molar-refractivity contribution >= 4 is 11.7 Å². The Morgan fingerprint density at radius 3 is 2.33 bits per heavy atom. The molecule has 3 nitrogen and oxygen atoms in total. The molecule has 0 bridgehead atoms. The first-order valence-electron chi connectivity index (χ1n) is 5.43. The molecule has 1 aromatic carbocycles. The fraction of sp³-hybridized carbons (Fsp3) is 0.417. The lowest BCUT2D eigenvalue weighted by Crippen LogP contribution is -2.29. The summed E-state index contributed by atoms with van der Waals surface area (Å²) < 4.78 is 0. The molecule has 0 radical (unpaired) electrons. The van der Waals surface area contributed by atoms with E-state index in [0.717, 1.165) is 12.1 Å². The van der Waals surface area contributed by atoms with E-state index in [1.807, 2.05) is 51.1 Å². The van der Waals surface area contributed by atoms with Crippen molar-refractivity contribution in [2.45, 2.75) is 27.2 Å². The SMILES string of the molecule is CC.CCCNC(=O)Nc1ccccc1. The molecule has 0 aliphatic carbocycles. The van der Waals surface area contributed by atoms with Crippen LogP contribution < -0.4 is 10.6 Å². The summed E-state index contributed by atoms with van der Waals surface area (Å²) in [4.78, 5) is 11.1. The summed E-state index contributed by atoms with van der Waals surface area (Å²) >= 11 is 0. The Kier molecular flexibility index (Phi) is 8.15. The molecular weight excluding hydrogens is 188 g/mol. The summed E-state index contributed by atoms with van der Waals surface area (Å²) in [5, 5.41) is 5.46. The van der Waals surface area contributed by atoms with Gasteiger partial charge in [-0.05, 0) is 18.6 Å². The number of hydrogen-bond acceptors (Lipinski definition) is 1. The van der Waals surface area contributed by atoms with E-state index in [1.165, 1.54) is 0 Å². The Bertz CT molecular complexity index is 260. The van der Waals surface area contributed by atoms with Gasteiger partial charge in [-0.15, -0.1) is 0 Å². The molecule has 0 unspecified atom stereocenters. The average molecular weight is 208 g/mol. The number of hydrogen-bond donors (Lipinski definition) is 2. The van der Waals surface area contributed by atoms with Crippen molar-refractivity contribution in [3.8, 4) is 0 Å². The molecule has 0 heterocycles. The van der Waals surface area contributed by atoms with Crippen LogP contribution in [0, 0.1) is 0 Å². The van der Waals surface area contributed by atoms with Crippen LogP contribution in [0.3, 0.4) is 0 Å². The second kappa shape index (κ2) is 9.06. The quantitative estimate of drug-likeness (QED) is 0.786. The van der Waals surface area contributed by atoms with Gasteiger partial charge in [0.1, 0.15) is 0 Å². The lowest BCUT2D eigenvalue weighted by molar-refractivity contribution is 0.252. The monoisotopic (exact) mass is 208 g/mol. The van der Waals surface area contributed by atoms with Gasteiger partial charge in [0.25, 0.3) is 0 Å². The third kappa shape index (κ3) is 6.55. The van der Waals surface area contributed by atoms with Gasteiger partial charge in [0, 0.05) is 12.2 Å². The van der Waals surface area contributed by atoms with Gasteiger partial charge in [0.05, 0.1) is 0 Å². The first kappa shape index (κ1) is 13.5. The molecule has 0 atom stereocenters. The normalized spacial score (nSPS) is 8.47. The largest absolute Gasteiger partial charge is 0.338 e. The smallest absolute Gasteiger partial charge is 0.319 e. The zero-order chi connectivity index (χ0) is 11.5. The fourth-order valence-electron chi connectivity index (χ4n) is 0.935. The van der Waals surface area contributed by atoms with Gasteiger partial charge in [0.2, 0.25) is 0 Å². The molecule has 3 heteroatoms. The van der Waals surface area contributed by atoms with Crippen LogP contribution in [-0.4, -0.2) is 12.6 Å². The van der Waals surface area contributed by atoms with Gasteiger partial charge in [-0.1, -0.05) is 39.0 Å². The molecule has 0 aliphatic rings. The van der Waals surface area contributed by atoms with E-state index in [0.29, 0.717) is 6.54 Å². The van der Waals surface area contributed by atoms with Crippen molar-refractivity contribution < 1.29 is 4.79 Å². The second-order valence-electron chi connectivity index (χ2n) is 2.75. The first-order chi connectivity index (χ1) is 7.33. The molecule has 1 aromatic rings. The van der Waals surface area contributed by atoms with Crippen molar-refractivity contribution in [1.29, 1.82) is 0 Å². The number of carbonyl (C=O) groups excluding carboxylic acids is 1. The second-order valence-corrected chi connectivity index (χ2v) is 2.75. The Hall–Kier alpha value is -1.51. The number of benzene rings is 1. The highest BCUT2D eigenvalue weighted by atomic mass is 16.2. The molecule has 84 valence electrons. The highest BCUT2D eigenvalue weighted by Gasteiger charge is 1.97. The number of anilines is 1. The van der Waals surface area contributed by atoms with Crippen LogP contribution in [0.5, 0.6) is 0 Å². The van der Waals surface area contributed by atoms with E-state index in [2.05, 4.69) is 10.6 Å². The summed E-state index contributed by atoms with van der Waals surface area (Å²) in [5.41, 5.74) is 0.816. The minimum atomic E-state index is -0.145. The predicted octanol–water partition coefficient (Wildman–Crippen LogP) is 3.24. The van der Waals surface area contributed by atoms with E-state index in [-0.39, 0.29) is 6.03 Å². The van der Waals surface area contributed by atoms with Crippen molar-refractivity contribution in [2.75, 3.05) is 11.9 Å². The maximum absolute atomic E-state index is 11.1. The zero-order valence-corrected chi connectivity index (χ0v) is 9.71. The van der Waals surface area contributed by atoms with Crippen LogP contribution in [0.25, 0.3) is 0 Å². The van der Waals surface area contributed by atoms with Crippen LogP contribution in [0.4, 0.5) is 10.5 Å². The Balaban J connectivity index is 0.000000921. The van der Waals surface area contributed by atoms with E-state index in [1.54, 1.807) is 0 Å². The number of urea groups is 1. The van der Waals surface area contributed by atoms with Crippen molar-refractivity contribution in [2.24, 2.45) is 0 Å². The van der Waals surface area contributed by atoms with Crippen molar-refractivity contribution in [3.63, 3.8) is 0 Å². The summed E-state index contributed by atoms with van der Waals surface area (Å²) in [6.45, 7) is 6.72. The van der Waals surface area contributed by atoms with Crippen LogP contribution in [0.1, 0.15) is 27.2 Å². The fourth-order valence-corrected chi connectivity index (χ4v) is 0.935. The van der Waals surface area contributed by atoms with Gasteiger partial charge in [0.15, 0.2) is 0 Å². The van der Waals surface area contributed by atoms with Crippen LogP contribution in [-0.2, 0) is 0 Å². The van der Waals surface area contributed by atoms with Crippen molar-refractivity contribution in [1.82, 2.24) is 5.32 Å². The average Bonchev–Trinajstić information content (AvgIpc) is 2.30. The molecule has 2 amide bonds. The predicted molar refractivity (Wildman–Crippen MR) is 65.1 cm³/mol. The first-order valence-corrected chi connectivity index (χ1v) is 5.43. The van der Waals surface area contributed by atoms with E-state index < -0.39 is 0 Å². The van der Waals surface area contributed by atoms with Gasteiger partial charge in [-0.25, -0.2) is 4.79 Å². The highest BCUT2D eigenvalue weighted by molar-refractivity contribution is 5.89. The maximum Gasteiger partial charge on any atom is 0.319 e. The van der Waals surface area contributed by atoms with Crippen LogP contribution in [0.15, 0.2) is 30.3 Å². The lowest BCUT2D eigenvalue weighted by Gasteiger charge is -2.05. The Morgan fingerprint density at radius 2 is 1.80 bits per heavy atom. The third-order valence-corrected chi connectivity index (χ3v) is 1.57. The minimum Gasteiger partial charge on any atom is -0.338 e. The van der Waals surface area contributed by atoms with E-state index in [9.17, 15) is 4.79 Å². The third-order valence-electron chi connectivity index (χ3n) is 1.57. The van der Waals surface area contributed by atoms with Crippen LogP contribution in [0.2, 0.25) is 0 Å². The minimum absolute atomic E-state index is 0.145. The highest BCUT2D eigenvalue weighted by Crippen LogP contribution is 2.03. The maximum atomic E-state index is 11.1. The number of nitrogens with one attached hydrogen (secondary N) is 2. The van der Waals surface area contributed by atoms with Gasteiger partial charge < -0.3 is 10.6 Å². The zero-order valence-electron chi connectivity index (χ0n) is 9.71. The van der Waals surface area contributed by atoms with E-state index in [4.69, 9.17) is 0 Å². The Morgan fingerprint density at radius 1 is 1.20 bits per heavy atom. The number of para-hydroxylation sites is 1. The summed E-state index contributed by atoms with van der Waals surface area (Å²) in [7, 11) is 0. The van der Waals surface area contributed by atoms with Crippen molar-refractivity contribution in [3.05, 3.63) is 30.3 Å². The number of amides is 2. The molecule has 0 spiro atoms. The molecule has 0 fully saturated rings. The Labute approximate surface area is 91.9 Å². The topological polar surface area (TPSA) is 41.1 Å².